The lowest BCUT2D eigenvalue weighted by Crippen LogP contribution is -1.83. The van der Waals surface area contributed by atoms with E-state index in [9.17, 15) is 0 Å². The third-order valence-corrected chi connectivity index (χ3v) is 3.31. The van der Waals surface area contributed by atoms with E-state index >= 15 is 0 Å². The van der Waals surface area contributed by atoms with Gasteiger partial charge in [-0.05, 0) is 60.6 Å². The fourth-order valence-electron chi connectivity index (χ4n) is 1.84. The molecule has 2 rings (SSSR count). The lowest BCUT2D eigenvalue weighted by molar-refractivity contribution is 1.36. The molecule has 0 nitrogen and oxygen atoms in total. The Morgan fingerprint density at radius 2 is 1.44 bits per heavy atom. The van der Waals surface area contributed by atoms with Gasteiger partial charge in [-0.1, -0.05) is 24.3 Å². The van der Waals surface area contributed by atoms with Crippen LogP contribution in [0.1, 0.15) is 11.1 Å². The van der Waals surface area contributed by atoms with Crippen LogP contribution in [0.5, 0.6) is 0 Å². The third-order valence-electron chi connectivity index (χ3n) is 2.56. The standard InChI is InChI=1S/C15H15S/c1-11-8-12(2)10-14(9-11)13-4-6-15(16-3)7-5-13/h4-7,9-10H,1-3H3. The monoisotopic (exact) mass is 227 g/mol. The molecule has 0 atom stereocenters. The molecule has 0 unspecified atom stereocenters. The zero-order valence-corrected chi connectivity index (χ0v) is 10.7. The summed E-state index contributed by atoms with van der Waals surface area (Å²) in [6, 6.07) is 16.4. The van der Waals surface area contributed by atoms with Crippen molar-refractivity contribution >= 4 is 11.8 Å². The Kier molecular flexibility index (Phi) is 3.35. The van der Waals surface area contributed by atoms with Crippen LogP contribution in [-0.2, 0) is 0 Å². The third kappa shape index (κ3) is 2.48. The second-order valence-electron chi connectivity index (χ2n) is 3.96. The second-order valence-corrected chi connectivity index (χ2v) is 4.84. The van der Waals surface area contributed by atoms with Crippen LogP contribution in [0.15, 0.2) is 41.3 Å². The maximum Gasteiger partial charge on any atom is 0.00695 e. The molecule has 0 N–H and O–H groups in total. The Morgan fingerprint density at radius 1 is 0.875 bits per heavy atom. The first-order valence-corrected chi connectivity index (χ1v) is 6.56. The molecule has 1 radical (unpaired) electrons. The molecule has 0 spiro atoms. The molecular weight excluding hydrogens is 212 g/mol. The highest BCUT2D eigenvalue weighted by molar-refractivity contribution is 7.98. The van der Waals surface area contributed by atoms with Crippen molar-refractivity contribution in [3.8, 4) is 11.1 Å². The average Bonchev–Trinajstić information content (AvgIpc) is 2.28. The van der Waals surface area contributed by atoms with E-state index in [2.05, 4.69) is 62.6 Å². The van der Waals surface area contributed by atoms with Crippen LogP contribution in [0.3, 0.4) is 0 Å². The van der Waals surface area contributed by atoms with Crippen LogP contribution in [-0.4, -0.2) is 6.26 Å². The van der Waals surface area contributed by atoms with Crippen LogP contribution < -0.4 is 0 Å². The minimum absolute atomic E-state index is 1.20. The SMILES string of the molecule is CSc1ccc(-c2cc(C)[c]c(C)c2)cc1. The van der Waals surface area contributed by atoms with E-state index < -0.39 is 0 Å². The topological polar surface area (TPSA) is 0 Å². The van der Waals surface area contributed by atoms with E-state index in [0.29, 0.717) is 0 Å². The first kappa shape index (κ1) is 11.3. The fourth-order valence-corrected chi connectivity index (χ4v) is 2.25. The normalized spacial score (nSPS) is 10.4. The predicted molar refractivity (Wildman–Crippen MR) is 72.0 cm³/mol. The molecule has 0 saturated carbocycles. The molecule has 16 heavy (non-hydrogen) atoms. The number of hydrogen-bond acceptors (Lipinski definition) is 1. The summed E-state index contributed by atoms with van der Waals surface area (Å²) in [4.78, 5) is 1.31. The molecule has 0 aliphatic carbocycles. The van der Waals surface area contributed by atoms with Crippen molar-refractivity contribution in [3.05, 3.63) is 53.6 Å². The summed E-state index contributed by atoms with van der Waals surface area (Å²) in [5.41, 5.74) is 4.95. The molecule has 0 amide bonds. The van der Waals surface area contributed by atoms with Crippen molar-refractivity contribution in [1.29, 1.82) is 0 Å². The van der Waals surface area contributed by atoms with Gasteiger partial charge >= 0.3 is 0 Å². The van der Waals surface area contributed by atoms with Gasteiger partial charge in [0.05, 0.1) is 0 Å². The lowest BCUT2D eigenvalue weighted by Gasteiger charge is -2.05. The summed E-state index contributed by atoms with van der Waals surface area (Å²) < 4.78 is 0. The first-order valence-electron chi connectivity index (χ1n) is 5.34. The molecule has 0 aromatic heterocycles. The van der Waals surface area contributed by atoms with Crippen molar-refractivity contribution in [2.75, 3.05) is 6.26 Å². The maximum absolute atomic E-state index is 3.30. The van der Waals surface area contributed by atoms with Gasteiger partial charge in [0.2, 0.25) is 0 Å². The highest BCUT2D eigenvalue weighted by Gasteiger charge is 2.00. The Balaban J connectivity index is 2.42. The maximum atomic E-state index is 3.30. The Morgan fingerprint density at radius 3 is 1.94 bits per heavy atom. The number of benzene rings is 2. The van der Waals surface area contributed by atoms with Gasteiger partial charge in [0, 0.05) is 4.90 Å². The van der Waals surface area contributed by atoms with Gasteiger partial charge in [0.15, 0.2) is 0 Å². The molecule has 81 valence electrons. The van der Waals surface area contributed by atoms with Crippen LogP contribution in [0, 0.1) is 19.9 Å². The van der Waals surface area contributed by atoms with Crippen molar-refractivity contribution in [3.63, 3.8) is 0 Å². The predicted octanol–water partition coefficient (Wildman–Crippen LogP) is 4.49. The minimum atomic E-state index is 1.20. The summed E-state index contributed by atoms with van der Waals surface area (Å²) in [5.74, 6) is 0. The van der Waals surface area contributed by atoms with Crippen molar-refractivity contribution in [1.82, 2.24) is 0 Å². The molecule has 0 aliphatic heterocycles. The molecule has 1 heteroatoms. The van der Waals surface area contributed by atoms with Gasteiger partial charge < -0.3 is 0 Å². The Bertz CT molecular complexity index is 463. The number of aryl methyl sites for hydroxylation is 2. The molecule has 2 aromatic carbocycles. The molecule has 0 fully saturated rings. The van der Waals surface area contributed by atoms with E-state index in [0.717, 1.165) is 0 Å². The molecule has 0 bridgehead atoms. The van der Waals surface area contributed by atoms with Crippen molar-refractivity contribution in [2.45, 2.75) is 18.7 Å². The van der Waals surface area contributed by atoms with E-state index in [1.165, 1.54) is 27.1 Å². The van der Waals surface area contributed by atoms with E-state index in [1.807, 2.05) is 0 Å². The summed E-state index contributed by atoms with van der Waals surface area (Å²) in [5, 5.41) is 0. The van der Waals surface area contributed by atoms with Crippen LogP contribution in [0.2, 0.25) is 0 Å². The lowest BCUT2D eigenvalue weighted by atomic mass is 10.0. The highest BCUT2D eigenvalue weighted by Crippen LogP contribution is 2.24. The van der Waals surface area contributed by atoms with Crippen molar-refractivity contribution < 1.29 is 0 Å². The van der Waals surface area contributed by atoms with Gasteiger partial charge in [-0.2, -0.15) is 0 Å². The summed E-state index contributed by atoms with van der Waals surface area (Å²) in [7, 11) is 0. The number of thioether (sulfide) groups is 1. The van der Waals surface area contributed by atoms with Gasteiger partial charge in [0.1, 0.15) is 0 Å². The largest absolute Gasteiger partial charge is 0.130 e. The van der Waals surface area contributed by atoms with Crippen LogP contribution in [0.25, 0.3) is 11.1 Å². The molecular formula is C15H15S. The minimum Gasteiger partial charge on any atom is -0.130 e. The van der Waals surface area contributed by atoms with Gasteiger partial charge in [-0.15, -0.1) is 11.8 Å². The van der Waals surface area contributed by atoms with Gasteiger partial charge in [-0.25, -0.2) is 0 Å². The Labute approximate surface area is 102 Å². The summed E-state index contributed by atoms with van der Waals surface area (Å²) in [6.45, 7) is 4.18. The van der Waals surface area contributed by atoms with Crippen LogP contribution >= 0.6 is 11.8 Å². The number of rotatable bonds is 2. The summed E-state index contributed by atoms with van der Waals surface area (Å²) in [6.07, 6.45) is 2.10. The van der Waals surface area contributed by atoms with Gasteiger partial charge in [-0.3, -0.25) is 0 Å². The zero-order valence-electron chi connectivity index (χ0n) is 9.87. The first-order chi connectivity index (χ1) is 7.69. The molecule has 0 saturated heterocycles. The highest BCUT2D eigenvalue weighted by atomic mass is 32.2. The van der Waals surface area contributed by atoms with Crippen LogP contribution in [0.4, 0.5) is 0 Å². The average molecular weight is 227 g/mol. The molecule has 0 aliphatic rings. The summed E-state index contributed by atoms with van der Waals surface area (Å²) >= 11 is 1.77. The molecule has 0 heterocycles. The van der Waals surface area contributed by atoms with Crippen molar-refractivity contribution in [2.24, 2.45) is 0 Å². The Hall–Kier alpha value is -1.21. The smallest absolute Gasteiger partial charge is 0.00695 e. The van der Waals surface area contributed by atoms with Gasteiger partial charge in [0.25, 0.3) is 0 Å². The number of hydrogen-bond donors (Lipinski definition) is 0. The molecule has 2 aromatic rings. The van der Waals surface area contributed by atoms with E-state index in [4.69, 9.17) is 0 Å². The fraction of sp³-hybridized carbons (Fsp3) is 0.200. The van der Waals surface area contributed by atoms with E-state index in [-0.39, 0.29) is 0 Å². The zero-order chi connectivity index (χ0) is 11.5. The quantitative estimate of drug-likeness (QED) is 0.681. The van der Waals surface area contributed by atoms with E-state index in [1.54, 1.807) is 11.8 Å². The second kappa shape index (κ2) is 4.75.